The van der Waals surface area contributed by atoms with Crippen LogP contribution in [0.15, 0.2) is 23.1 Å². The molecule has 1 aliphatic heterocycles. The standard InChI is InChI=1S/C11H13Cl2NO3S/c12-7-1-2-8(13)10(5-7)18(15,16)11-6-17-4-3-9(11)14/h1-2,5,9,11H,3-4,6,14H2. The van der Waals surface area contributed by atoms with E-state index >= 15 is 0 Å². The minimum atomic E-state index is -3.63. The first-order valence-corrected chi connectivity index (χ1v) is 7.75. The van der Waals surface area contributed by atoms with Crippen LogP contribution in [-0.4, -0.2) is 32.9 Å². The van der Waals surface area contributed by atoms with E-state index in [0.29, 0.717) is 18.1 Å². The van der Waals surface area contributed by atoms with Gasteiger partial charge >= 0.3 is 0 Å². The van der Waals surface area contributed by atoms with Crippen LogP contribution in [0.4, 0.5) is 0 Å². The van der Waals surface area contributed by atoms with E-state index in [1.807, 2.05) is 0 Å². The molecule has 0 radical (unpaired) electrons. The maximum Gasteiger partial charge on any atom is 0.186 e. The molecule has 100 valence electrons. The predicted molar refractivity (Wildman–Crippen MR) is 70.8 cm³/mol. The molecule has 4 nitrogen and oxygen atoms in total. The van der Waals surface area contributed by atoms with Gasteiger partial charge in [-0.2, -0.15) is 0 Å². The van der Waals surface area contributed by atoms with Gasteiger partial charge in [-0.15, -0.1) is 0 Å². The Bertz CT molecular complexity index is 547. The van der Waals surface area contributed by atoms with Crippen LogP contribution < -0.4 is 5.73 Å². The topological polar surface area (TPSA) is 69.4 Å². The molecule has 1 aliphatic rings. The molecule has 0 bridgehead atoms. The van der Waals surface area contributed by atoms with E-state index < -0.39 is 21.1 Å². The maximum atomic E-state index is 12.5. The average molecular weight is 310 g/mol. The van der Waals surface area contributed by atoms with Gasteiger partial charge in [0.15, 0.2) is 9.84 Å². The minimum Gasteiger partial charge on any atom is -0.380 e. The third-order valence-electron chi connectivity index (χ3n) is 2.95. The Morgan fingerprint density at radius 2 is 2.06 bits per heavy atom. The van der Waals surface area contributed by atoms with Gasteiger partial charge in [-0.05, 0) is 24.6 Å². The summed E-state index contributed by atoms with van der Waals surface area (Å²) in [6.45, 7) is 0.572. The minimum absolute atomic E-state index is 0.0163. The van der Waals surface area contributed by atoms with E-state index in [1.165, 1.54) is 12.1 Å². The molecule has 7 heteroatoms. The van der Waals surface area contributed by atoms with Crippen LogP contribution >= 0.6 is 23.2 Å². The van der Waals surface area contributed by atoms with Crippen LogP contribution in [0.25, 0.3) is 0 Å². The van der Waals surface area contributed by atoms with Gasteiger partial charge in [0.05, 0.1) is 16.5 Å². The summed E-state index contributed by atoms with van der Waals surface area (Å²) in [5, 5.41) is -0.303. The van der Waals surface area contributed by atoms with Crippen LogP contribution in [0, 0.1) is 0 Å². The second kappa shape index (κ2) is 5.35. The lowest BCUT2D eigenvalue weighted by Crippen LogP contribution is -2.47. The highest BCUT2D eigenvalue weighted by atomic mass is 35.5. The van der Waals surface area contributed by atoms with Crippen LogP contribution in [0.3, 0.4) is 0 Å². The summed E-state index contributed by atoms with van der Waals surface area (Å²) in [7, 11) is -3.63. The second-order valence-electron chi connectivity index (χ2n) is 4.19. The number of sulfone groups is 1. The molecule has 0 aliphatic carbocycles. The van der Waals surface area contributed by atoms with E-state index in [4.69, 9.17) is 33.7 Å². The molecule has 2 unspecified atom stereocenters. The highest BCUT2D eigenvalue weighted by Gasteiger charge is 2.36. The molecule has 18 heavy (non-hydrogen) atoms. The largest absolute Gasteiger partial charge is 0.380 e. The molecule has 1 saturated heterocycles. The number of halogens is 2. The van der Waals surface area contributed by atoms with Crippen LogP contribution in [0.1, 0.15) is 6.42 Å². The predicted octanol–water partition coefficient (Wildman–Crippen LogP) is 1.88. The van der Waals surface area contributed by atoms with E-state index in [2.05, 4.69) is 0 Å². The van der Waals surface area contributed by atoms with E-state index in [0.717, 1.165) is 0 Å². The smallest absolute Gasteiger partial charge is 0.186 e. The molecule has 1 fully saturated rings. The van der Waals surface area contributed by atoms with Gasteiger partial charge in [-0.25, -0.2) is 8.42 Å². The number of benzene rings is 1. The number of nitrogens with two attached hydrogens (primary N) is 1. The Labute approximate surface area is 116 Å². The molecule has 2 rings (SSSR count). The lowest BCUT2D eigenvalue weighted by molar-refractivity contribution is 0.0891. The van der Waals surface area contributed by atoms with Crippen molar-refractivity contribution in [3.05, 3.63) is 28.2 Å². The zero-order chi connectivity index (χ0) is 13.3. The maximum absolute atomic E-state index is 12.5. The fourth-order valence-electron chi connectivity index (χ4n) is 1.91. The Balaban J connectivity index is 2.44. The molecule has 0 saturated carbocycles. The monoisotopic (exact) mass is 309 g/mol. The highest BCUT2D eigenvalue weighted by molar-refractivity contribution is 7.92. The van der Waals surface area contributed by atoms with Crippen molar-refractivity contribution in [3.8, 4) is 0 Å². The van der Waals surface area contributed by atoms with Crippen molar-refractivity contribution >= 4 is 33.0 Å². The molecule has 2 atom stereocenters. The highest BCUT2D eigenvalue weighted by Crippen LogP contribution is 2.30. The van der Waals surface area contributed by atoms with E-state index in [-0.39, 0.29) is 16.5 Å². The molecule has 0 spiro atoms. The van der Waals surface area contributed by atoms with Crippen molar-refractivity contribution in [2.24, 2.45) is 5.73 Å². The summed E-state index contributed by atoms with van der Waals surface area (Å²) in [5.74, 6) is 0. The van der Waals surface area contributed by atoms with Gasteiger partial charge in [0.2, 0.25) is 0 Å². The summed E-state index contributed by atoms with van der Waals surface area (Å²) in [5.41, 5.74) is 5.86. The quantitative estimate of drug-likeness (QED) is 0.905. The lowest BCUT2D eigenvalue weighted by atomic mass is 10.1. The number of ether oxygens (including phenoxy) is 1. The SMILES string of the molecule is NC1CCOCC1S(=O)(=O)c1cc(Cl)ccc1Cl. The first-order valence-electron chi connectivity index (χ1n) is 5.45. The molecule has 1 heterocycles. The van der Waals surface area contributed by atoms with Gasteiger partial charge in [0.25, 0.3) is 0 Å². The Hall–Kier alpha value is -0.330. The second-order valence-corrected chi connectivity index (χ2v) is 7.16. The summed E-state index contributed by atoms with van der Waals surface area (Å²) in [4.78, 5) is 0.0163. The number of hydrogen-bond donors (Lipinski definition) is 1. The summed E-state index contributed by atoms with van der Waals surface area (Å²) >= 11 is 11.7. The van der Waals surface area contributed by atoms with Crippen LogP contribution in [0.5, 0.6) is 0 Å². The zero-order valence-electron chi connectivity index (χ0n) is 9.47. The lowest BCUT2D eigenvalue weighted by Gasteiger charge is -2.28. The Morgan fingerprint density at radius 3 is 2.72 bits per heavy atom. The molecular formula is C11H13Cl2NO3S. The fourth-order valence-corrected chi connectivity index (χ4v) is 4.41. The summed E-state index contributed by atoms with van der Waals surface area (Å²) in [6, 6.07) is 3.91. The fraction of sp³-hybridized carbons (Fsp3) is 0.455. The zero-order valence-corrected chi connectivity index (χ0v) is 11.8. The van der Waals surface area contributed by atoms with Gasteiger partial charge in [-0.3, -0.25) is 0 Å². The third-order valence-corrected chi connectivity index (χ3v) is 5.86. The molecular weight excluding hydrogens is 297 g/mol. The van der Waals surface area contributed by atoms with Crippen molar-refractivity contribution in [3.63, 3.8) is 0 Å². The van der Waals surface area contributed by atoms with Crippen molar-refractivity contribution in [2.75, 3.05) is 13.2 Å². The van der Waals surface area contributed by atoms with Crippen molar-refractivity contribution in [1.82, 2.24) is 0 Å². The van der Waals surface area contributed by atoms with Gasteiger partial charge in [0.1, 0.15) is 5.25 Å². The van der Waals surface area contributed by atoms with Gasteiger partial charge in [0, 0.05) is 17.7 Å². The first kappa shape index (κ1) is 14.1. The molecule has 0 aromatic heterocycles. The van der Waals surface area contributed by atoms with Crippen molar-refractivity contribution in [1.29, 1.82) is 0 Å². The van der Waals surface area contributed by atoms with E-state index in [1.54, 1.807) is 6.07 Å². The number of hydrogen-bond acceptors (Lipinski definition) is 4. The summed E-state index contributed by atoms with van der Waals surface area (Å²) < 4.78 is 30.1. The molecule has 0 amide bonds. The molecule has 1 aromatic carbocycles. The number of rotatable bonds is 2. The average Bonchev–Trinajstić information content (AvgIpc) is 2.32. The van der Waals surface area contributed by atoms with Crippen LogP contribution in [-0.2, 0) is 14.6 Å². The first-order chi connectivity index (χ1) is 8.43. The third kappa shape index (κ3) is 2.65. The molecule has 1 aromatic rings. The summed E-state index contributed by atoms with van der Waals surface area (Å²) in [6.07, 6.45) is 0.516. The van der Waals surface area contributed by atoms with Crippen LogP contribution in [0.2, 0.25) is 10.0 Å². The van der Waals surface area contributed by atoms with Gasteiger partial charge < -0.3 is 10.5 Å². The van der Waals surface area contributed by atoms with Gasteiger partial charge in [-0.1, -0.05) is 23.2 Å². The Kier molecular flexibility index (Phi) is 4.18. The normalized spacial score (nSPS) is 25.1. The Morgan fingerprint density at radius 1 is 1.33 bits per heavy atom. The van der Waals surface area contributed by atoms with E-state index in [9.17, 15) is 8.42 Å². The molecule has 2 N–H and O–H groups in total. The van der Waals surface area contributed by atoms with Crippen molar-refractivity contribution < 1.29 is 13.2 Å². The van der Waals surface area contributed by atoms with Crippen molar-refractivity contribution in [2.45, 2.75) is 22.6 Å².